The summed E-state index contributed by atoms with van der Waals surface area (Å²) in [6, 6.07) is 0. The third-order valence-corrected chi connectivity index (χ3v) is 11.7. The molecule has 1 unspecified atom stereocenters. The van der Waals surface area contributed by atoms with Crippen molar-refractivity contribution in [3.63, 3.8) is 0 Å². The van der Waals surface area contributed by atoms with E-state index in [1.807, 2.05) is 6.92 Å². The van der Waals surface area contributed by atoms with Gasteiger partial charge < -0.3 is 0 Å². The maximum absolute atomic E-state index is 12.8. The highest BCUT2D eigenvalue weighted by atomic mass is 32.3. The van der Waals surface area contributed by atoms with Gasteiger partial charge in [-0.25, -0.2) is 4.18 Å². The van der Waals surface area contributed by atoms with Crippen LogP contribution >= 0.6 is 0 Å². The SMILES string of the molecule is CCCCCCOS(=O)(=O)OC(CCCCCCCCCCC(S(=O)(=O)OCC(C)C)S(=O)(=O)OC(C)(C)C)=S(=O)=O. The Kier molecular flexibility index (Phi) is 20.1. The fraction of sp³-hybridized carbons (Fsp3) is 0.962. The van der Waals surface area contributed by atoms with Gasteiger partial charge in [-0.15, -0.1) is 0 Å². The zero-order valence-corrected chi connectivity index (χ0v) is 29.3. The molecule has 0 saturated heterocycles. The van der Waals surface area contributed by atoms with E-state index in [-0.39, 0.29) is 32.0 Å². The minimum absolute atomic E-state index is 0.0611. The molecular formula is C26H52O12S4. The first kappa shape index (κ1) is 41.4. The molecule has 252 valence electrons. The molecule has 0 aromatic rings. The summed E-state index contributed by atoms with van der Waals surface area (Å²) in [7, 11) is -16.1. The molecule has 42 heavy (non-hydrogen) atoms. The summed E-state index contributed by atoms with van der Waals surface area (Å²) >= 11 is 0. The monoisotopic (exact) mass is 684 g/mol. The van der Waals surface area contributed by atoms with Gasteiger partial charge in [0, 0.05) is 6.42 Å². The third kappa shape index (κ3) is 20.4. The van der Waals surface area contributed by atoms with E-state index in [1.165, 1.54) is 20.8 Å². The van der Waals surface area contributed by atoms with Crippen LogP contribution in [0.15, 0.2) is 0 Å². The van der Waals surface area contributed by atoms with Gasteiger partial charge in [0.2, 0.25) is 14.9 Å². The van der Waals surface area contributed by atoms with Gasteiger partial charge in [0.1, 0.15) is 0 Å². The highest BCUT2D eigenvalue weighted by Gasteiger charge is 2.41. The van der Waals surface area contributed by atoms with Gasteiger partial charge in [0.15, 0.2) is 5.05 Å². The van der Waals surface area contributed by atoms with E-state index in [4.69, 9.17) is 12.5 Å². The minimum atomic E-state index is -4.44. The Morgan fingerprint density at radius 2 is 1.24 bits per heavy atom. The quantitative estimate of drug-likeness (QED) is 0.0737. The molecule has 0 saturated carbocycles. The van der Waals surface area contributed by atoms with E-state index >= 15 is 0 Å². The highest BCUT2D eigenvalue weighted by molar-refractivity contribution is 8.04. The lowest BCUT2D eigenvalue weighted by Gasteiger charge is -2.24. The zero-order chi connectivity index (χ0) is 32.5. The maximum atomic E-state index is 12.8. The van der Waals surface area contributed by atoms with Crippen LogP contribution in [0.5, 0.6) is 0 Å². The molecule has 0 aromatic heterocycles. The molecular weight excluding hydrogens is 633 g/mol. The number of unbranched alkanes of at least 4 members (excludes halogenated alkanes) is 10. The van der Waals surface area contributed by atoms with E-state index in [2.05, 4.69) is 4.18 Å². The van der Waals surface area contributed by atoms with Crippen molar-refractivity contribution in [1.82, 2.24) is 0 Å². The highest BCUT2D eigenvalue weighted by Crippen LogP contribution is 2.25. The van der Waals surface area contributed by atoms with Crippen molar-refractivity contribution in [3.8, 4) is 0 Å². The normalized spacial score (nSPS) is 13.9. The topological polar surface area (TPSA) is 173 Å². The maximum Gasteiger partial charge on any atom is 0.405 e. The van der Waals surface area contributed by atoms with Crippen molar-refractivity contribution in [2.45, 2.75) is 142 Å². The molecule has 0 rings (SSSR count). The van der Waals surface area contributed by atoms with Crippen molar-refractivity contribution in [1.29, 1.82) is 0 Å². The van der Waals surface area contributed by atoms with Crippen molar-refractivity contribution >= 4 is 46.0 Å². The Morgan fingerprint density at radius 3 is 1.74 bits per heavy atom. The molecule has 0 N–H and O–H groups in total. The van der Waals surface area contributed by atoms with E-state index in [9.17, 15) is 33.7 Å². The molecule has 0 aliphatic rings. The fourth-order valence-corrected chi connectivity index (χ4v) is 9.00. The Hall–Kier alpha value is -0.620. The largest absolute Gasteiger partial charge is 0.405 e. The van der Waals surface area contributed by atoms with Crippen LogP contribution in [0, 0.1) is 5.92 Å². The Labute approximate surface area is 256 Å². The molecule has 1 atom stereocenters. The van der Waals surface area contributed by atoms with Crippen LogP contribution in [-0.4, -0.2) is 62.1 Å². The summed E-state index contributed by atoms with van der Waals surface area (Å²) in [5.74, 6) is -0.0988. The van der Waals surface area contributed by atoms with Crippen molar-refractivity contribution in [2.24, 2.45) is 5.92 Å². The lowest BCUT2D eigenvalue weighted by atomic mass is 10.1. The van der Waals surface area contributed by atoms with Crippen molar-refractivity contribution in [3.05, 3.63) is 0 Å². The molecule has 0 spiro atoms. The first-order valence-corrected chi connectivity index (χ1v) is 20.0. The van der Waals surface area contributed by atoms with Gasteiger partial charge in [-0.05, 0) is 46.0 Å². The second-order valence-corrected chi connectivity index (χ2v) is 17.6. The van der Waals surface area contributed by atoms with Crippen LogP contribution in [0.25, 0.3) is 0 Å². The fourth-order valence-electron chi connectivity index (χ4n) is 3.76. The second kappa shape index (κ2) is 20.4. The molecule has 0 radical (unpaired) electrons. The van der Waals surface area contributed by atoms with Gasteiger partial charge in [0.25, 0.3) is 20.2 Å². The summed E-state index contributed by atoms with van der Waals surface area (Å²) in [5, 5.41) is -0.573. The summed E-state index contributed by atoms with van der Waals surface area (Å²) < 4.78 is 115. The minimum Gasteiger partial charge on any atom is -0.269 e. The summed E-state index contributed by atoms with van der Waals surface area (Å²) in [6.07, 6.45) is 8.24. The Bertz CT molecular complexity index is 1210. The zero-order valence-electron chi connectivity index (χ0n) is 26.0. The molecule has 0 heterocycles. The molecule has 12 nitrogen and oxygen atoms in total. The van der Waals surface area contributed by atoms with Crippen LogP contribution < -0.4 is 0 Å². The predicted octanol–water partition coefficient (Wildman–Crippen LogP) is 5.23. The van der Waals surface area contributed by atoms with Gasteiger partial charge in [-0.3, -0.25) is 8.37 Å². The van der Waals surface area contributed by atoms with Gasteiger partial charge in [0.05, 0.1) is 18.8 Å². The standard InChI is InChI=1S/C26H52O12S4/c1-7-8-9-18-21-35-42(33,34)37-24(39(27)28)19-16-14-12-10-11-13-15-17-20-25(40(29,30)36-22-23(2)3)41(31,32)38-26(4,5)6/h23,25H,7-22H2,1-6H3. The van der Waals surface area contributed by atoms with Crippen LogP contribution in [-0.2, 0) is 57.7 Å². The first-order valence-electron chi connectivity index (χ1n) is 14.7. The van der Waals surface area contributed by atoms with E-state index < -0.39 is 56.2 Å². The summed E-state index contributed by atoms with van der Waals surface area (Å²) in [5.41, 5.74) is -1.09. The number of rotatable bonds is 24. The van der Waals surface area contributed by atoms with Crippen LogP contribution in [0.4, 0.5) is 0 Å². The van der Waals surface area contributed by atoms with E-state index in [1.54, 1.807) is 13.8 Å². The first-order chi connectivity index (χ1) is 19.3. The number of hydrogen-bond donors (Lipinski definition) is 0. The van der Waals surface area contributed by atoms with Crippen LogP contribution in [0.3, 0.4) is 0 Å². The van der Waals surface area contributed by atoms with Crippen molar-refractivity contribution < 1.29 is 50.4 Å². The molecule has 0 aromatic carbocycles. The van der Waals surface area contributed by atoms with Gasteiger partial charge >= 0.3 is 10.4 Å². The molecule has 0 bridgehead atoms. The molecule has 0 fully saturated rings. The predicted molar refractivity (Wildman–Crippen MR) is 163 cm³/mol. The average Bonchev–Trinajstić information content (AvgIpc) is 2.83. The lowest BCUT2D eigenvalue weighted by molar-refractivity contribution is 0.138. The van der Waals surface area contributed by atoms with E-state index in [0.717, 1.165) is 44.9 Å². The average molecular weight is 685 g/mol. The third-order valence-electron chi connectivity index (χ3n) is 5.75. The Morgan fingerprint density at radius 1 is 0.714 bits per heavy atom. The molecule has 0 aliphatic carbocycles. The van der Waals surface area contributed by atoms with Crippen LogP contribution in [0.2, 0.25) is 0 Å². The smallest absolute Gasteiger partial charge is 0.269 e. The molecule has 0 amide bonds. The molecule has 0 aliphatic heterocycles. The van der Waals surface area contributed by atoms with Crippen LogP contribution in [0.1, 0.15) is 131 Å². The second-order valence-electron chi connectivity index (χ2n) is 11.6. The lowest BCUT2D eigenvalue weighted by Crippen LogP contribution is -2.38. The van der Waals surface area contributed by atoms with Crippen molar-refractivity contribution in [2.75, 3.05) is 13.2 Å². The Balaban J connectivity index is 4.56. The summed E-state index contributed by atoms with van der Waals surface area (Å²) in [6.45, 7) is 9.94. The molecule has 16 heteroatoms. The van der Waals surface area contributed by atoms with E-state index in [0.29, 0.717) is 32.1 Å². The van der Waals surface area contributed by atoms with Gasteiger partial charge in [-0.2, -0.15) is 37.9 Å². The number of hydrogen-bond acceptors (Lipinski definition) is 12. The summed E-state index contributed by atoms with van der Waals surface area (Å²) in [4.78, 5) is 0. The van der Waals surface area contributed by atoms with Gasteiger partial charge in [-0.1, -0.05) is 85.0 Å².